The lowest BCUT2D eigenvalue weighted by Gasteiger charge is -2.28. The Labute approximate surface area is 128 Å². The minimum atomic E-state index is 0.754. The van der Waals surface area contributed by atoms with Gasteiger partial charge in [0.15, 0.2) is 11.6 Å². The van der Waals surface area contributed by atoms with Crippen LogP contribution in [0.2, 0.25) is 0 Å². The van der Waals surface area contributed by atoms with E-state index in [1.807, 2.05) is 0 Å². The Hall–Kier alpha value is -1.52. The van der Waals surface area contributed by atoms with Crippen LogP contribution in [0.5, 0.6) is 5.75 Å². The largest absolute Gasteiger partial charge is 0.490 e. The second-order valence-corrected chi connectivity index (χ2v) is 5.89. The Morgan fingerprint density at radius 2 is 2.05 bits per heavy atom. The number of anilines is 2. The second-order valence-electron chi connectivity index (χ2n) is 5.89. The summed E-state index contributed by atoms with van der Waals surface area (Å²) in [6.45, 7) is 4.07. The van der Waals surface area contributed by atoms with Crippen molar-refractivity contribution in [2.45, 2.75) is 45.4 Å². The van der Waals surface area contributed by atoms with Crippen molar-refractivity contribution in [2.75, 3.05) is 37.5 Å². The molecule has 0 aliphatic heterocycles. The minimum absolute atomic E-state index is 0.754. The summed E-state index contributed by atoms with van der Waals surface area (Å²) >= 11 is 0. The van der Waals surface area contributed by atoms with Crippen molar-refractivity contribution in [3.05, 3.63) is 6.33 Å². The third kappa shape index (κ3) is 4.22. The summed E-state index contributed by atoms with van der Waals surface area (Å²) in [5, 5.41) is 3.31. The standard InChI is InChI=1S/C16H28N4O/c1-4-10-17-15-14(21-3)16(19-12-18-15)20(2)11-13-8-6-5-7-9-13/h12-13H,4-11H2,1-3H3,(H,17,18,19). The highest BCUT2D eigenvalue weighted by atomic mass is 16.5. The van der Waals surface area contributed by atoms with E-state index in [2.05, 4.69) is 34.2 Å². The Morgan fingerprint density at radius 3 is 2.71 bits per heavy atom. The molecule has 21 heavy (non-hydrogen) atoms. The van der Waals surface area contributed by atoms with E-state index in [9.17, 15) is 0 Å². The number of aromatic nitrogens is 2. The summed E-state index contributed by atoms with van der Waals surface area (Å²) in [5.74, 6) is 3.20. The lowest BCUT2D eigenvalue weighted by atomic mass is 9.89. The molecule has 1 aromatic rings. The molecule has 1 saturated carbocycles. The smallest absolute Gasteiger partial charge is 0.204 e. The normalized spacial score (nSPS) is 15.8. The van der Waals surface area contributed by atoms with Gasteiger partial charge in [-0.2, -0.15) is 0 Å². The number of rotatable bonds is 7. The van der Waals surface area contributed by atoms with Crippen LogP contribution in [0.25, 0.3) is 0 Å². The van der Waals surface area contributed by atoms with Crippen LogP contribution < -0.4 is 15.0 Å². The molecule has 0 unspecified atom stereocenters. The number of hydrogen-bond donors (Lipinski definition) is 1. The second kappa shape index (κ2) is 8.05. The molecular formula is C16H28N4O. The van der Waals surface area contributed by atoms with Crippen molar-refractivity contribution >= 4 is 11.6 Å². The van der Waals surface area contributed by atoms with Gasteiger partial charge in [-0.1, -0.05) is 26.2 Å². The van der Waals surface area contributed by atoms with E-state index in [4.69, 9.17) is 4.74 Å². The summed E-state index contributed by atoms with van der Waals surface area (Å²) in [5.41, 5.74) is 0. The quantitative estimate of drug-likeness (QED) is 0.835. The molecule has 5 nitrogen and oxygen atoms in total. The fourth-order valence-electron chi connectivity index (χ4n) is 3.04. The average molecular weight is 292 g/mol. The van der Waals surface area contributed by atoms with Crippen molar-refractivity contribution in [2.24, 2.45) is 5.92 Å². The third-order valence-corrected chi connectivity index (χ3v) is 4.15. The molecule has 1 N–H and O–H groups in total. The highest BCUT2D eigenvalue weighted by molar-refractivity contribution is 5.64. The van der Waals surface area contributed by atoms with Crippen LogP contribution >= 0.6 is 0 Å². The van der Waals surface area contributed by atoms with Gasteiger partial charge in [-0.25, -0.2) is 9.97 Å². The Balaban J connectivity index is 2.09. The third-order valence-electron chi connectivity index (χ3n) is 4.15. The number of ether oxygens (including phenoxy) is 1. The molecule has 2 rings (SSSR count). The number of nitrogens with zero attached hydrogens (tertiary/aromatic N) is 3. The Bertz CT molecular complexity index is 432. The van der Waals surface area contributed by atoms with Gasteiger partial charge < -0.3 is 15.0 Å². The summed E-state index contributed by atoms with van der Waals surface area (Å²) in [6.07, 6.45) is 9.46. The SMILES string of the molecule is CCCNc1ncnc(N(C)CC2CCCCC2)c1OC. The molecule has 5 heteroatoms. The van der Waals surface area contributed by atoms with Crippen molar-refractivity contribution in [3.8, 4) is 5.75 Å². The first-order valence-electron chi connectivity index (χ1n) is 8.10. The van der Waals surface area contributed by atoms with E-state index in [0.29, 0.717) is 0 Å². The zero-order chi connectivity index (χ0) is 15.1. The average Bonchev–Trinajstić information content (AvgIpc) is 2.53. The van der Waals surface area contributed by atoms with Crippen molar-refractivity contribution in [3.63, 3.8) is 0 Å². The number of methoxy groups -OCH3 is 1. The van der Waals surface area contributed by atoms with E-state index in [1.165, 1.54) is 32.1 Å². The molecule has 1 aliphatic rings. The zero-order valence-corrected chi connectivity index (χ0v) is 13.6. The first-order valence-corrected chi connectivity index (χ1v) is 8.10. The fraction of sp³-hybridized carbons (Fsp3) is 0.750. The van der Waals surface area contributed by atoms with Gasteiger partial charge in [0.05, 0.1) is 7.11 Å². The van der Waals surface area contributed by atoms with E-state index in [0.717, 1.165) is 42.8 Å². The molecule has 1 heterocycles. The molecule has 0 radical (unpaired) electrons. The topological polar surface area (TPSA) is 50.3 Å². The van der Waals surface area contributed by atoms with Crippen molar-refractivity contribution in [1.29, 1.82) is 0 Å². The van der Waals surface area contributed by atoms with E-state index < -0.39 is 0 Å². The van der Waals surface area contributed by atoms with Crippen LogP contribution in [0, 0.1) is 5.92 Å². The zero-order valence-electron chi connectivity index (χ0n) is 13.6. The molecule has 0 saturated heterocycles. The van der Waals surface area contributed by atoms with Crippen molar-refractivity contribution in [1.82, 2.24) is 9.97 Å². The molecule has 0 atom stereocenters. The summed E-state index contributed by atoms with van der Waals surface area (Å²) in [7, 11) is 3.79. The predicted octanol–water partition coefficient (Wildman–Crippen LogP) is 3.32. The molecule has 118 valence electrons. The van der Waals surface area contributed by atoms with Crippen molar-refractivity contribution < 1.29 is 4.74 Å². The molecule has 0 bridgehead atoms. The highest BCUT2D eigenvalue weighted by Crippen LogP contribution is 2.33. The summed E-state index contributed by atoms with van der Waals surface area (Å²) in [4.78, 5) is 11.0. The fourth-order valence-corrected chi connectivity index (χ4v) is 3.04. The molecule has 0 spiro atoms. The van der Waals surface area contributed by atoms with Crippen LogP contribution in [-0.2, 0) is 0 Å². The summed E-state index contributed by atoms with van der Waals surface area (Å²) < 4.78 is 5.55. The Kier molecular flexibility index (Phi) is 6.08. The minimum Gasteiger partial charge on any atom is -0.490 e. The summed E-state index contributed by atoms with van der Waals surface area (Å²) in [6, 6.07) is 0. The van der Waals surface area contributed by atoms with Gasteiger partial charge in [0.1, 0.15) is 6.33 Å². The Morgan fingerprint density at radius 1 is 1.29 bits per heavy atom. The molecule has 1 aromatic heterocycles. The molecule has 1 aliphatic carbocycles. The predicted molar refractivity (Wildman–Crippen MR) is 87.2 cm³/mol. The number of nitrogens with one attached hydrogen (secondary N) is 1. The van der Waals surface area contributed by atoms with Crippen LogP contribution in [0.1, 0.15) is 45.4 Å². The van der Waals surface area contributed by atoms with E-state index in [-0.39, 0.29) is 0 Å². The lowest BCUT2D eigenvalue weighted by Crippen LogP contribution is -2.28. The van der Waals surface area contributed by atoms with Crippen LogP contribution in [0.4, 0.5) is 11.6 Å². The molecular weight excluding hydrogens is 264 g/mol. The first kappa shape index (κ1) is 15.9. The maximum Gasteiger partial charge on any atom is 0.204 e. The van der Waals surface area contributed by atoms with E-state index >= 15 is 0 Å². The molecule has 0 aromatic carbocycles. The van der Waals surface area contributed by atoms with Gasteiger partial charge in [-0.3, -0.25) is 0 Å². The number of hydrogen-bond acceptors (Lipinski definition) is 5. The molecule has 0 amide bonds. The van der Waals surface area contributed by atoms with Crippen LogP contribution in [0.3, 0.4) is 0 Å². The van der Waals surface area contributed by atoms with Gasteiger partial charge in [-0.15, -0.1) is 0 Å². The maximum absolute atomic E-state index is 5.55. The van der Waals surface area contributed by atoms with Gasteiger partial charge in [0, 0.05) is 20.1 Å². The highest BCUT2D eigenvalue weighted by Gasteiger charge is 2.20. The van der Waals surface area contributed by atoms with Gasteiger partial charge in [0.2, 0.25) is 5.75 Å². The van der Waals surface area contributed by atoms with E-state index in [1.54, 1.807) is 13.4 Å². The monoisotopic (exact) mass is 292 g/mol. The van der Waals surface area contributed by atoms with Gasteiger partial charge in [0.25, 0.3) is 0 Å². The van der Waals surface area contributed by atoms with Crippen LogP contribution in [0.15, 0.2) is 6.33 Å². The lowest BCUT2D eigenvalue weighted by molar-refractivity contribution is 0.359. The van der Waals surface area contributed by atoms with Gasteiger partial charge in [-0.05, 0) is 25.2 Å². The van der Waals surface area contributed by atoms with Gasteiger partial charge >= 0.3 is 0 Å². The maximum atomic E-state index is 5.55. The van der Waals surface area contributed by atoms with Crippen LogP contribution in [-0.4, -0.2) is 37.2 Å². The first-order chi connectivity index (χ1) is 10.3. The molecule has 1 fully saturated rings.